The molecule has 0 radical (unpaired) electrons. The number of rotatable bonds is 3. The van der Waals surface area contributed by atoms with Gasteiger partial charge in [0.15, 0.2) is 23.5 Å². The van der Waals surface area contributed by atoms with Gasteiger partial charge in [0.2, 0.25) is 0 Å². The number of phenols is 2. The lowest BCUT2D eigenvalue weighted by Crippen LogP contribution is -1.91. The molecular formula is C8H7NO5. The predicted molar refractivity (Wildman–Crippen MR) is 47.2 cm³/mol. The number of ether oxygens (including phenoxy) is 1. The highest BCUT2D eigenvalue weighted by molar-refractivity contribution is 5.88. The Morgan fingerprint density at radius 1 is 1.43 bits per heavy atom. The lowest BCUT2D eigenvalue weighted by Gasteiger charge is -2.08. The number of carbonyl (C=O) groups is 1. The second kappa shape index (κ2) is 3.73. The van der Waals surface area contributed by atoms with Gasteiger partial charge in [-0.05, 0) is 5.18 Å². The first-order valence-corrected chi connectivity index (χ1v) is 3.57. The quantitative estimate of drug-likeness (QED) is 0.562. The average Bonchev–Trinajstić information content (AvgIpc) is 2.16. The van der Waals surface area contributed by atoms with Crippen LogP contribution in [0.15, 0.2) is 11.2 Å². The largest absolute Gasteiger partial charge is 0.507 e. The third-order valence-electron chi connectivity index (χ3n) is 1.66. The molecule has 0 amide bonds. The highest BCUT2D eigenvalue weighted by Gasteiger charge is 2.18. The van der Waals surface area contributed by atoms with Gasteiger partial charge in [-0.25, -0.2) is 0 Å². The topological polar surface area (TPSA) is 96.2 Å². The van der Waals surface area contributed by atoms with Gasteiger partial charge in [-0.3, -0.25) is 4.79 Å². The van der Waals surface area contributed by atoms with Crippen molar-refractivity contribution in [3.05, 3.63) is 16.5 Å². The molecule has 1 aromatic rings. The zero-order valence-electron chi connectivity index (χ0n) is 7.22. The van der Waals surface area contributed by atoms with Gasteiger partial charge in [0.1, 0.15) is 11.3 Å². The molecule has 74 valence electrons. The second-order valence-corrected chi connectivity index (χ2v) is 2.42. The van der Waals surface area contributed by atoms with E-state index < -0.39 is 17.2 Å². The first-order chi connectivity index (χ1) is 6.65. The van der Waals surface area contributed by atoms with Crippen molar-refractivity contribution < 1.29 is 19.7 Å². The van der Waals surface area contributed by atoms with Crippen LogP contribution in [0.1, 0.15) is 10.4 Å². The summed E-state index contributed by atoms with van der Waals surface area (Å²) in [6, 6.07) is 0.850. The van der Waals surface area contributed by atoms with Crippen molar-refractivity contribution in [3.8, 4) is 17.2 Å². The third kappa shape index (κ3) is 1.37. The minimum absolute atomic E-state index is 0.222. The number of carbonyl (C=O) groups excluding carboxylic acids is 1. The van der Waals surface area contributed by atoms with Gasteiger partial charge in [-0.1, -0.05) is 0 Å². The summed E-state index contributed by atoms with van der Waals surface area (Å²) in [5.41, 5.74) is -0.632. The molecule has 0 atom stereocenters. The minimum atomic E-state index is -0.542. The number of nitroso groups, excluding NO2 is 1. The second-order valence-electron chi connectivity index (χ2n) is 2.42. The summed E-state index contributed by atoms with van der Waals surface area (Å²) < 4.78 is 4.67. The number of benzene rings is 1. The average molecular weight is 197 g/mol. The van der Waals surface area contributed by atoms with E-state index in [1.54, 1.807) is 0 Å². The SMILES string of the molecule is COc1c(C=O)c(O)cc(O)c1N=O. The van der Waals surface area contributed by atoms with Gasteiger partial charge in [-0.2, -0.15) is 0 Å². The van der Waals surface area contributed by atoms with E-state index in [1.807, 2.05) is 0 Å². The molecule has 0 aliphatic rings. The van der Waals surface area contributed by atoms with Gasteiger partial charge in [0.25, 0.3) is 0 Å². The van der Waals surface area contributed by atoms with Crippen LogP contribution in [-0.2, 0) is 0 Å². The lowest BCUT2D eigenvalue weighted by atomic mass is 10.1. The summed E-state index contributed by atoms with van der Waals surface area (Å²) in [5, 5.41) is 20.9. The lowest BCUT2D eigenvalue weighted by molar-refractivity contribution is 0.111. The molecule has 1 aromatic carbocycles. The van der Waals surface area contributed by atoms with Gasteiger partial charge in [-0.15, -0.1) is 4.91 Å². The summed E-state index contributed by atoms with van der Waals surface area (Å²) in [7, 11) is 1.19. The van der Waals surface area contributed by atoms with E-state index in [-0.39, 0.29) is 11.3 Å². The highest BCUT2D eigenvalue weighted by Crippen LogP contribution is 2.43. The fourth-order valence-electron chi connectivity index (χ4n) is 1.04. The standard InChI is InChI=1S/C8H7NO5/c1-14-8-4(3-10)5(11)2-6(12)7(8)9-13/h2-3,11-12H,1H3. The van der Waals surface area contributed by atoms with Gasteiger partial charge in [0, 0.05) is 6.07 Å². The van der Waals surface area contributed by atoms with E-state index in [0.717, 1.165) is 6.07 Å². The van der Waals surface area contributed by atoms with E-state index in [2.05, 4.69) is 9.91 Å². The molecule has 0 saturated heterocycles. The van der Waals surface area contributed by atoms with Crippen molar-refractivity contribution in [1.82, 2.24) is 0 Å². The summed E-state index contributed by atoms with van der Waals surface area (Å²) in [5.74, 6) is -1.26. The maximum absolute atomic E-state index is 10.5. The van der Waals surface area contributed by atoms with Crippen molar-refractivity contribution >= 4 is 12.0 Å². The summed E-state index contributed by atoms with van der Waals surface area (Å²) in [4.78, 5) is 20.8. The normalized spacial score (nSPS) is 9.50. The van der Waals surface area contributed by atoms with Crippen LogP contribution in [-0.4, -0.2) is 23.6 Å². The molecule has 0 heterocycles. The molecule has 2 N–H and O–H groups in total. The van der Waals surface area contributed by atoms with Crippen molar-refractivity contribution in [3.63, 3.8) is 0 Å². The van der Waals surface area contributed by atoms with Crippen LogP contribution in [0.5, 0.6) is 17.2 Å². The third-order valence-corrected chi connectivity index (χ3v) is 1.66. The Balaban J connectivity index is 3.58. The van der Waals surface area contributed by atoms with Crippen molar-refractivity contribution in [2.24, 2.45) is 5.18 Å². The van der Waals surface area contributed by atoms with Crippen molar-refractivity contribution in [1.29, 1.82) is 0 Å². The number of phenolic OH excluding ortho intramolecular Hbond substituents is 2. The zero-order chi connectivity index (χ0) is 10.7. The minimum Gasteiger partial charge on any atom is -0.507 e. The van der Waals surface area contributed by atoms with Crippen LogP contribution in [0.3, 0.4) is 0 Å². The number of aldehydes is 1. The molecule has 0 unspecified atom stereocenters. The number of hydrogen-bond donors (Lipinski definition) is 2. The molecule has 6 heteroatoms. The molecular weight excluding hydrogens is 190 g/mol. The maximum atomic E-state index is 10.5. The molecule has 14 heavy (non-hydrogen) atoms. The Labute approximate surface area is 78.7 Å². The Kier molecular flexibility index (Phi) is 2.66. The Morgan fingerprint density at radius 2 is 2.07 bits per heavy atom. The first kappa shape index (κ1) is 9.97. The van der Waals surface area contributed by atoms with E-state index in [0.29, 0.717) is 6.29 Å². The van der Waals surface area contributed by atoms with Crippen molar-refractivity contribution in [2.45, 2.75) is 0 Å². The monoisotopic (exact) mass is 197 g/mol. The molecule has 0 aromatic heterocycles. The number of aromatic hydroxyl groups is 2. The van der Waals surface area contributed by atoms with Gasteiger partial charge >= 0.3 is 0 Å². The Bertz CT molecular complexity index is 356. The van der Waals surface area contributed by atoms with Crippen LogP contribution in [0.2, 0.25) is 0 Å². The van der Waals surface area contributed by atoms with Crippen LogP contribution >= 0.6 is 0 Å². The van der Waals surface area contributed by atoms with E-state index in [1.165, 1.54) is 7.11 Å². The van der Waals surface area contributed by atoms with E-state index in [9.17, 15) is 19.9 Å². The highest BCUT2D eigenvalue weighted by atomic mass is 16.5. The van der Waals surface area contributed by atoms with Crippen LogP contribution in [0.25, 0.3) is 0 Å². The Hall–Kier alpha value is -2.11. The first-order valence-electron chi connectivity index (χ1n) is 3.57. The molecule has 1 rings (SSSR count). The molecule has 6 nitrogen and oxygen atoms in total. The molecule has 0 spiro atoms. The predicted octanol–water partition coefficient (Wildman–Crippen LogP) is 1.32. The molecule has 0 fully saturated rings. The summed E-state index contributed by atoms with van der Waals surface area (Å²) in [6.45, 7) is 0. The molecule has 0 bridgehead atoms. The fraction of sp³-hybridized carbons (Fsp3) is 0.125. The maximum Gasteiger partial charge on any atom is 0.192 e. The molecule has 0 aliphatic carbocycles. The number of methoxy groups -OCH3 is 1. The van der Waals surface area contributed by atoms with Gasteiger partial charge < -0.3 is 14.9 Å². The van der Waals surface area contributed by atoms with Gasteiger partial charge in [0.05, 0.1) is 7.11 Å². The summed E-state index contributed by atoms with van der Waals surface area (Å²) in [6.07, 6.45) is 0.308. The number of hydrogen-bond acceptors (Lipinski definition) is 6. The smallest absolute Gasteiger partial charge is 0.192 e. The van der Waals surface area contributed by atoms with Crippen LogP contribution in [0.4, 0.5) is 5.69 Å². The zero-order valence-corrected chi connectivity index (χ0v) is 7.22. The molecule has 0 aliphatic heterocycles. The van der Waals surface area contributed by atoms with Crippen LogP contribution < -0.4 is 4.74 Å². The summed E-state index contributed by atoms with van der Waals surface area (Å²) >= 11 is 0. The van der Waals surface area contributed by atoms with Crippen LogP contribution in [0, 0.1) is 4.91 Å². The van der Waals surface area contributed by atoms with E-state index >= 15 is 0 Å². The number of nitrogens with zero attached hydrogens (tertiary/aromatic N) is 1. The van der Waals surface area contributed by atoms with Crippen molar-refractivity contribution in [2.75, 3.05) is 7.11 Å². The molecule has 0 saturated carbocycles. The van der Waals surface area contributed by atoms with E-state index in [4.69, 9.17) is 0 Å². The fourth-order valence-corrected chi connectivity index (χ4v) is 1.04. The Morgan fingerprint density at radius 3 is 2.50 bits per heavy atom.